The summed E-state index contributed by atoms with van der Waals surface area (Å²) in [5.41, 5.74) is 2.19. The molecule has 9 heteroatoms. The average Bonchev–Trinajstić information content (AvgIpc) is 3.26. The number of nitrogens with zero attached hydrogens (tertiary/aromatic N) is 4. The van der Waals surface area contributed by atoms with Gasteiger partial charge in [-0.3, -0.25) is 9.48 Å². The topological polar surface area (TPSA) is 79.9 Å². The monoisotopic (exact) mass is 418 g/mol. The van der Waals surface area contributed by atoms with Gasteiger partial charge in [-0.25, -0.2) is 0 Å². The number of thiazole rings is 1. The molecule has 2 heterocycles. The van der Waals surface area contributed by atoms with E-state index in [2.05, 4.69) is 10.1 Å². The van der Waals surface area contributed by atoms with E-state index in [9.17, 15) is 4.79 Å². The second-order valence-electron chi connectivity index (χ2n) is 6.31. The Bertz CT molecular complexity index is 1080. The van der Waals surface area contributed by atoms with Crippen LogP contribution in [0, 0.1) is 6.92 Å². The van der Waals surface area contributed by atoms with Crippen molar-refractivity contribution in [2.24, 2.45) is 4.99 Å². The summed E-state index contributed by atoms with van der Waals surface area (Å²) >= 11 is 1.43. The Labute approximate surface area is 173 Å². The molecule has 0 fully saturated rings. The molecule has 0 saturated carbocycles. The molecule has 1 aromatic carbocycles. The van der Waals surface area contributed by atoms with E-state index in [4.69, 9.17) is 14.2 Å². The molecule has 0 bridgehead atoms. The fourth-order valence-electron chi connectivity index (χ4n) is 3.10. The van der Waals surface area contributed by atoms with Gasteiger partial charge < -0.3 is 18.8 Å². The van der Waals surface area contributed by atoms with Crippen LogP contribution >= 0.6 is 11.3 Å². The summed E-state index contributed by atoms with van der Waals surface area (Å²) < 4.78 is 21.0. The van der Waals surface area contributed by atoms with Crippen LogP contribution in [0.3, 0.4) is 0 Å². The molecule has 29 heavy (non-hydrogen) atoms. The number of carbonyl (C=O) groups excluding carboxylic acids is 1. The van der Waals surface area contributed by atoms with Gasteiger partial charge in [-0.05, 0) is 26.8 Å². The van der Waals surface area contributed by atoms with E-state index < -0.39 is 0 Å². The van der Waals surface area contributed by atoms with Gasteiger partial charge in [0.25, 0.3) is 5.91 Å². The number of hydrogen-bond acceptors (Lipinski definition) is 6. The standard InChI is InChI=1S/C20H26N4O4S/c1-6-24-15(10-13(3)22-24)19(25)21-20-23(8-9-28-7-2)14-11-16(26-4)17(27-5)12-18(14)29-20/h10-12H,6-9H2,1-5H3. The van der Waals surface area contributed by atoms with E-state index in [1.807, 2.05) is 37.5 Å². The molecule has 0 spiro atoms. The van der Waals surface area contributed by atoms with Crippen molar-refractivity contribution in [3.05, 3.63) is 34.4 Å². The zero-order valence-electron chi connectivity index (χ0n) is 17.4. The number of aryl methyl sites for hydroxylation is 2. The number of amides is 1. The lowest BCUT2D eigenvalue weighted by atomic mass is 10.3. The van der Waals surface area contributed by atoms with Crippen molar-refractivity contribution in [1.82, 2.24) is 14.3 Å². The summed E-state index contributed by atoms with van der Waals surface area (Å²) in [4.78, 5) is 17.9. The fourth-order valence-corrected chi connectivity index (χ4v) is 4.17. The first-order chi connectivity index (χ1) is 14.0. The van der Waals surface area contributed by atoms with Crippen molar-refractivity contribution >= 4 is 27.5 Å². The van der Waals surface area contributed by atoms with Crippen molar-refractivity contribution in [2.75, 3.05) is 27.4 Å². The third-order valence-electron chi connectivity index (χ3n) is 4.47. The molecule has 0 N–H and O–H groups in total. The van der Waals surface area contributed by atoms with Crippen LogP contribution in [0.4, 0.5) is 0 Å². The van der Waals surface area contributed by atoms with Gasteiger partial charge in [-0.15, -0.1) is 0 Å². The minimum atomic E-state index is -0.317. The van der Waals surface area contributed by atoms with Crippen molar-refractivity contribution in [3.63, 3.8) is 0 Å². The first-order valence-corrected chi connectivity index (χ1v) is 10.3. The Hall–Kier alpha value is -2.65. The van der Waals surface area contributed by atoms with Gasteiger partial charge in [-0.2, -0.15) is 10.1 Å². The number of carbonyl (C=O) groups is 1. The van der Waals surface area contributed by atoms with Gasteiger partial charge in [0.15, 0.2) is 16.3 Å². The van der Waals surface area contributed by atoms with Crippen LogP contribution in [0.15, 0.2) is 23.2 Å². The van der Waals surface area contributed by atoms with Crippen LogP contribution < -0.4 is 14.3 Å². The number of fused-ring (bicyclic) bond motifs is 1. The Kier molecular flexibility index (Phi) is 6.71. The molecule has 0 aliphatic heterocycles. The molecule has 0 aliphatic carbocycles. The maximum Gasteiger partial charge on any atom is 0.297 e. The predicted octanol–water partition coefficient (Wildman–Crippen LogP) is 3.02. The molecular weight excluding hydrogens is 392 g/mol. The van der Waals surface area contributed by atoms with E-state index in [-0.39, 0.29) is 5.91 Å². The number of ether oxygens (including phenoxy) is 3. The van der Waals surface area contributed by atoms with E-state index >= 15 is 0 Å². The highest BCUT2D eigenvalue weighted by Crippen LogP contribution is 2.33. The molecule has 0 unspecified atom stereocenters. The van der Waals surface area contributed by atoms with Gasteiger partial charge in [0, 0.05) is 31.8 Å². The smallest absolute Gasteiger partial charge is 0.297 e. The number of hydrogen-bond donors (Lipinski definition) is 0. The lowest BCUT2D eigenvalue weighted by molar-refractivity contribution is 0.0986. The molecule has 2 aromatic heterocycles. The van der Waals surface area contributed by atoms with Gasteiger partial charge in [0.2, 0.25) is 0 Å². The number of methoxy groups -OCH3 is 2. The molecule has 0 aliphatic rings. The van der Waals surface area contributed by atoms with Gasteiger partial charge >= 0.3 is 0 Å². The third kappa shape index (κ3) is 4.35. The second kappa shape index (κ2) is 9.23. The van der Waals surface area contributed by atoms with Crippen molar-refractivity contribution < 1.29 is 19.0 Å². The normalized spacial score (nSPS) is 12.0. The Morgan fingerprint density at radius 1 is 1.17 bits per heavy atom. The molecule has 3 aromatic rings. The van der Waals surface area contributed by atoms with Crippen LogP contribution in [0.2, 0.25) is 0 Å². The lowest BCUT2D eigenvalue weighted by Crippen LogP contribution is -2.20. The largest absolute Gasteiger partial charge is 0.493 e. The second-order valence-corrected chi connectivity index (χ2v) is 7.32. The van der Waals surface area contributed by atoms with E-state index in [0.717, 1.165) is 15.9 Å². The molecule has 8 nitrogen and oxygen atoms in total. The Morgan fingerprint density at radius 2 is 1.90 bits per heavy atom. The highest BCUT2D eigenvalue weighted by molar-refractivity contribution is 7.16. The number of benzene rings is 1. The van der Waals surface area contributed by atoms with Gasteiger partial charge in [-0.1, -0.05) is 11.3 Å². The third-order valence-corrected chi connectivity index (χ3v) is 5.51. The Morgan fingerprint density at radius 3 is 2.55 bits per heavy atom. The molecule has 3 rings (SSSR count). The van der Waals surface area contributed by atoms with Crippen LogP contribution in [0.1, 0.15) is 30.0 Å². The molecule has 0 saturated heterocycles. The summed E-state index contributed by atoms with van der Waals surface area (Å²) in [6.45, 7) is 8.08. The van der Waals surface area contributed by atoms with Crippen molar-refractivity contribution in [2.45, 2.75) is 33.9 Å². The lowest BCUT2D eigenvalue weighted by Gasteiger charge is -2.09. The first kappa shape index (κ1) is 21.1. The minimum absolute atomic E-state index is 0.317. The van der Waals surface area contributed by atoms with Crippen LogP contribution in [-0.2, 0) is 17.8 Å². The van der Waals surface area contributed by atoms with Gasteiger partial charge in [0.05, 0.1) is 36.7 Å². The zero-order chi connectivity index (χ0) is 21.0. The predicted molar refractivity (Wildman–Crippen MR) is 112 cm³/mol. The first-order valence-electron chi connectivity index (χ1n) is 9.48. The quantitative estimate of drug-likeness (QED) is 0.526. The summed E-state index contributed by atoms with van der Waals surface area (Å²) in [5.74, 6) is 0.944. The van der Waals surface area contributed by atoms with Crippen LogP contribution in [0.25, 0.3) is 10.2 Å². The summed E-state index contributed by atoms with van der Waals surface area (Å²) in [6.07, 6.45) is 0. The molecular formula is C20H26N4O4S. The highest BCUT2D eigenvalue weighted by atomic mass is 32.1. The van der Waals surface area contributed by atoms with E-state index in [1.165, 1.54) is 11.3 Å². The Balaban J connectivity index is 2.14. The van der Waals surface area contributed by atoms with Crippen molar-refractivity contribution in [3.8, 4) is 11.5 Å². The fraction of sp³-hybridized carbons (Fsp3) is 0.450. The summed E-state index contributed by atoms with van der Waals surface area (Å²) in [7, 11) is 3.20. The maximum absolute atomic E-state index is 12.9. The number of aromatic nitrogens is 3. The van der Waals surface area contributed by atoms with E-state index in [0.29, 0.717) is 48.3 Å². The van der Waals surface area contributed by atoms with Crippen LogP contribution in [0.5, 0.6) is 11.5 Å². The maximum atomic E-state index is 12.9. The number of rotatable bonds is 8. The van der Waals surface area contributed by atoms with Gasteiger partial charge in [0.1, 0.15) is 5.69 Å². The molecule has 156 valence electrons. The highest BCUT2D eigenvalue weighted by Gasteiger charge is 2.16. The summed E-state index contributed by atoms with van der Waals surface area (Å²) in [6, 6.07) is 5.57. The molecule has 0 atom stereocenters. The molecule has 1 amide bonds. The molecule has 0 radical (unpaired) electrons. The average molecular weight is 419 g/mol. The summed E-state index contributed by atoms with van der Waals surface area (Å²) in [5, 5.41) is 4.34. The SMILES string of the molecule is CCOCCn1c(=NC(=O)c2cc(C)nn2CC)sc2cc(OC)c(OC)cc21. The van der Waals surface area contributed by atoms with Crippen molar-refractivity contribution in [1.29, 1.82) is 0 Å². The van der Waals surface area contributed by atoms with E-state index in [1.54, 1.807) is 25.0 Å². The van der Waals surface area contributed by atoms with Crippen LogP contribution in [-0.4, -0.2) is 47.7 Å². The minimum Gasteiger partial charge on any atom is -0.493 e. The zero-order valence-corrected chi connectivity index (χ0v) is 18.2.